The zero-order valence-corrected chi connectivity index (χ0v) is 16.1. The number of rotatable bonds is 4. The highest BCUT2D eigenvalue weighted by molar-refractivity contribution is 7.89. The number of sulfonamides is 1. The quantitative estimate of drug-likeness (QED) is 0.705. The molecule has 2 aromatic carbocycles. The summed E-state index contributed by atoms with van der Waals surface area (Å²) in [5.41, 5.74) is -0.404. The molecule has 1 fully saturated rings. The van der Waals surface area contributed by atoms with Crippen molar-refractivity contribution in [3.8, 4) is 0 Å². The second-order valence-electron chi connectivity index (χ2n) is 6.88. The highest BCUT2D eigenvalue weighted by Gasteiger charge is 2.36. The second-order valence-corrected chi connectivity index (χ2v) is 8.82. The van der Waals surface area contributed by atoms with Crippen LogP contribution in [-0.4, -0.2) is 31.6 Å². The smallest absolute Gasteiger partial charge is 0.294 e. The highest BCUT2D eigenvalue weighted by atomic mass is 32.2. The van der Waals surface area contributed by atoms with Crippen molar-refractivity contribution in [3.63, 3.8) is 0 Å². The van der Waals surface area contributed by atoms with Crippen molar-refractivity contribution in [2.45, 2.75) is 30.8 Å². The van der Waals surface area contributed by atoms with Crippen molar-refractivity contribution in [2.75, 3.05) is 13.1 Å². The van der Waals surface area contributed by atoms with Crippen LogP contribution in [0.15, 0.2) is 53.4 Å². The van der Waals surface area contributed by atoms with Crippen LogP contribution < -0.4 is 0 Å². The van der Waals surface area contributed by atoms with Crippen LogP contribution in [0.3, 0.4) is 0 Å². The van der Waals surface area contributed by atoms with Crippen molar-refractivity contribution in [2.24, 2.45) is 5.92 Å². The summed E-state index contributed by atoms with van der Waals surface area (Å²) in [6, 6.07) is 11.8. The summed E-state index contributed by atoms with van der Waals surface area (Å²) in [7, 11) is -4.05. The van der Waals surface area contributed by atoms with Crippen LogP contribution in [0.25, 0.3) is 0 Å². The average molecular weight is 411 g/mol. The third-order valence-electron chi connectivity index (χ3n) is 5.04. The standard InChI is InChI=1S/C20H20F3NO3S/c1-14-7-8-17(13-18(14)20(21,22)23)28(26,27)24-11-9-16(10-12-24)19(25)15-5-3-2-4-6-15/h2-8,13,16H,9-12H2,1H3. The lowest BCUT2D eigenvalue weighted by Crippen LogP contribution is -2.40. The molecule has 2 aromatic rings. The van der Waals surface area contributed by atoms with Crippen LogP contribution >= 0.6 is 0 Å². The van der Waals surface area contributed by atoms with Crippen LogP contribution in [0.5, 0.6) is 0 Å². The van der Waals surface area contributed by atoms with Crippen molar-refractivity contribution >= 4 is 15.8 Å². The predicted molar refractivity (Wildman–Crippen MR) is 98.4 cm³/mol. The van der Waals surface area contributed by atoms with E-state index in [4.69, 9.17) is 0 Å². The lowest BCUT2D eigenvalue weighted by atomic mass is 9.90. The number of aryl methyl sites for hydroxylation is 1. The summed E-state index contributed by atoms with van der Waals surface area (Å²) in [4.78, 5) is 12.1. The fourth-order valence-corrected chi connectivity index (χ4v) is 4.91. The number of alkyl halides is 3. The Hall–Kier alpha value is -2.19. The molecule has 0 atom stereocenters. The molecule has 1 aliphatic rings. The third-order valence-corrected chi connectivity index (χ3v) is 6.93. The first kappa shape index (κ1) is 20.5. The van der Waals surface area contributed by atoms with Crippen molar-refractivity contribution in [1.82, 2.24) is 4.31 Å². The molecule has 0 N–H and O–H groups in total. The molecule has 3 rings (SSSR count). The normalized spacial score (nSPS) is 16.9. The number of halogens is 3. The van der Waals surface area contributed by atoms with E-state index in [0.717, 1.165) is 4.31 Å². The number of nitrogens with zero attached hydrogens (tertiary/aromatic N) is 1. The lowest BCUT2D eigenvalue weighted by Gasteiger charge is -2.30. The Labute approximate surface area is 162 Å². The van der Waals surface area contributed by atoms with Gasteiger partial charge in [-0.05, 0) is 37.5 Å². The molecule has 0 bridgehead atoms. The van der Waals surface area contributed by atoms with E-state index in [2.05, 4.69) is 0 Å². The van der Waals surface area contributed by atoms with Gasteiger partial charge in [-0.25, -0.2) is 8.42 Å². The number of hydrogen-bond donors (Lipinski definition) is 0. The molecule has 0 aromatic heterocycles. The zero-order valence-electron chi connectivity index (χ0n) is 15.2. The maximum absolute atomic E-state index is 13.1. The van der Waals surface area contributed by atoms with Crippen molar-refractivity contribution in [1.29, 1.82) is 0 Å². The van der Waals surface area contributed by atoms with E-state index in [1.807, 2.05) is 6.07 Å². The molecule has 1 saturated heterocycles. The first-order valence-corrected chi connectivity index (χ1v) is 10.3. The molecule has 0 aliphatic carbocycles. The molecule has 0 spiro atoms. The van der Waals surface area contributed by atoms with Crippen LogP contribution in [-0.2, 0) is 16.2 Å². The Morgan fingerprint density at radius 3 is 2.21 bits per heavy atom. The van der Waals surface area contributed by atoms with Gasteiger partial charge in [0.25, 0.3) is 0 Å². The van der Waals surface area contributed by atoms with Crippen LogP contribution in [0.1, 0.15) is 34.3 Å². The molecule has 4 nitrogen and oxygen atoms in total. The summed E-state index contributed by atoms with van der Waals surface area (Å²) in [5.74, 6) is -0.329. The first-order valence-electron chi connectivity index (χ1n) is 8.88. The van der Waals surface area contributed by atoms with E-state index in [1.165, 1.54) is 19.1 Å². The molecule has 0 radical (unpaired) electrons. The van der Waals surface area contributed by atoms with Crippen molar-refractivity contribution < 1.29 is 26.4 Å². The molecule has 8 heteroatoms. The monoisotopic (exact) mass is 411 g/mol. The molecule has 0 amide bonds. The maximum Gasteiger partial charge on any atom is 0.416 e. The van der Waals surface area contributed by atoms with Gasteiger partial charge in [0.05, 0.1) is 10.5 Å². The zero-order chi connectivity index (χ0) is 20.5. The highest BCUT2D eigenvalue weighted by Crippen LogP contribution is 2.34. The number of ketones is 1. The molecule has 28 heavy (non-hydrogen) atoms. The number of carbonyl (C=O) groups excluding carboxylic acids is 1. The first-order chi connectivity index (χ1) is 13.1. The minimum Gasteiger partial charge on any atom is -0.294 e. The minimum atomic E-state index is -4.62. The third kappa shape index (κ3) is 4.12. The van der Waals surface area contributed by atoms with E-state index in [0.29, 0.717) is 24.5 Å². The molecular formula is C20H20F3NO3S. The summed E-state index contributed by atoms with van der Waals surface area (Å²) in [6.45, 7) is 1.49. The van der Waals surface area contributed by atoms with Gasteiger partial charge in [0.2, 0.25) is 10.0 Å². The fourth-order valence-electron chi connectivity index (χ4n) is 3.41. The van der Waals surface area contributed by atoms with Crippen LogP contribution in [0.2, 0.25) is 0 Å². The van der Waals surface area contributed by atoms with Gasteiger partial charge in [0, 0.05) is 24.6 Å². The molecule has 1 aliphatic heterocycles. The fraction of sp³-hybridized carbons (Fsp3) is 0.350. The predicted octanol–water partition coefficient (Wildman–Crippen LogP) is 4.30. The topological polar surface area (TPSA) is 54.5 Å². The van der Waals surface area contributed by atoms with E-state index in [-0.39, 0.29) is 35.2 Å². The molecular weight excluding hydrogens is 391 g/mol. The molecule has 1 heterocycles. The van der Waals surface area contributed by atoms with Crippen LogP contribution in [0.4, 0.5) is 13.2 Å². The average Bonchev–Trinajstić information content (AvgIpc) is 2.67. The summed E-state index contributed by atoms with van der Waals surface area (Å²) >= 11 is 0. The molecule has 0 unspecified atom stereocenters. The van der Waals surface area contributed by atoms with Gasteiger partial charge in [0.15, 0.2) is 5.78 Å². The van der Waals surface area contributed by atoms with Gasteiger partial charge in [-0.3, -0.25) is 4.79 Å². The Balaban J connectivity index is 1.76. The van der Waals surface area contributed by atoms with E-state index in [1.54, 1.807) is 24.3 Å². The Bertz CT molecular complexity index is 964. The van der Waals surface area contributed by atoms with Gasteiger partial charge >= 0.3 is 6.18 Å². The van der Waals surface area contributed by atoms with Crippen LogP contribution in [0, 0.1) is 12.8 Å². The molecule has 0 saturated carbocycles. The summed E-state index contributed by atoms with van der Waals surface area (Å²) in [5, 5.41) is 0. The number of piperidine rings is 1. The van der Waals surface area contributed by atoms with E-state index in [9.17, 15) is 26.4 Å². The Morgan fingerprint density at radius 2 is 1.64 bits per heavy atom. The molecule has 150 valence electrons. The van der Waals surface area contributed by atoms with Gasteiger partial charge < -0.3 is 0 Å². The van der Waals surface area contributed by atoms with Gasteiger partial charge in [0.1, 0.15) is 0 Å². The van der Waals surface area contributed by atoms with E-state index >= 15 is 0 Å². The number of hydrogen-bond acceptors (Lipinski definition) is 3. The summed E-state index contributed by atoms with van der Waals surface area (Å²) < 4.78 is 66.1. The Morgan fingerprint density at radius 1 is 1.04 bits per heavy atom. The SMILES string of the molecule is Cc1ccc(S(=O)(=O)N2CCC(C(=O)c3ccccc3)CC2)cc1C(F)(F)F. The summed E-state index contributed by atoms with van der Waals surface area (Å²) in [6.07, 6.45) is -3.94. The van der Waals surface area contributed by atoms with Gasteiger partial charge in [-0.15, -0.1) is 0 Å². The number of Topliss-reactive ketones (excluding diaryl/α,β-unsaturated/α-hetero) is 1. The second kappa shape index (κ2) is 7.67. The largest absolute Gasteiger partial charge is 0.416 e. The number of carbonyl (C=O) groups is 1. The number of benzene rings is 2. The maximum atomic E-state index is 13.1. The van der Waals surface area contributed by atoms with Gasteiger partial charge in [-0.2, -0.15) is 17.5 Å². The van der Waals surface area contributed by atoms with Crippen molar-refractivity contribution in [3.05, 3.63) is 65.2 Å². The Kier molecular flexibility index (Phi) is 5.63. The minimum absolute atomic E-state index is 0.0291. The van der Waals surface area contributed by atoms with Gasteiger partial charge in [-0.1, -0.05) is 36.4 Å². The van der Waals surface area contributed by atoms with E-state index < -0.39 is 21.8 Å². The lowest BCUT2D eigenvalue weighted by molar-refractivity contribution is -0.138.